The van der Waals surface area contributed by atoms with Crippen LogP contribution in [0.15, 0.2) is 35.8 Å². The summed E-state index contributed by atoms with van der Waals surface area (Å²) in [6.07, 6.45) is 1.56. The van der Waals surface area contributed by atoms with E-state index >= 15 is 0 Å². The third-order valence-corrected chi connectivity index (χ3v) is 2.19. The highest BCUT2D eigenvalue weighted by atomic mass is 16.6. The molecule has 0 aromatic heterocycles. The maximum absolute atomic E-state index is 10.7. The van der Waals surface area contributed by atoms with Gasteiger partial charge in [-0.1, -0.05) is 0 Å². The van der Waals surface area contributed by atoms with Crippen LogP contribution < -0.4 is 0 Å². The van der Waals surface area contributed by atoms with E-state index in [-0.39, 0.29) is 11.7 Å². The van der Waals surface area contributed by atoms with Crippen LogP contribution in [0.4, 0.5) is 0 Å². The van der Waals surface area contributed by atoms with Crippen LogP contribution in [0.2, 0.25) is 0 Å². The Hall–Kier alpha value is -2.24. The fraction of sp³-hybridized carbons (Fsp3) is 0.200. The van der Waals surface area contributed by atoms with Crippen molar-refractivity contribution < 1.29 is 29.3 Å². The van der Waals surface area contributed by atoms with Crippen molar-refractivity contribution >= 4 is 11.9 Å². The van der Waals surface area contributed by atoms with Crippen molar-refractivity contribution in [1.82, 2.24) is 0 Å². The molecule has 1 heterocycles. The van der Waals surface area contributed by atoms with Crippen LogP contribution in [0, 0.1) is 0 Å². The van der Waals surface area contributed by atoms with E-state index in [1.807, 2.05) is 0 Å². The number of carboxylic acid groups (broad SMARTS) is 2. The minimum atomic E-state index is -1.29. The SMILES string of the molecule is C=C(O[C@@H]1C=C(C(=O)O)C=C2OC21)C(=O)O. The van der Waals surface area contributed by atoms with Gasteiger partial charge in [-0.2, -0.15) is 0 Å². The molecular formula is C10H8O6. The van der Waals surface area contributed by atoms with E-state index < -0.39 is 23.8 Å². The van der Waals surface area contributed by atoms with Gasteiger partial charge in [-0.3, -0.25) is 0 Å². The highest BCUT2D eigenvalue weighted by Crippen LogP contribution is 2.38. The first-order chi connectivity index (χ1) is 7.49. The van der Waals surface area contributed by atoms with Gasteiger partial charge >= 0.3 is 11.9 Å². The zero-order chi connectivity index (χ0) is 11.9. The van der Waals surface area contributed by atoms with Gasteiger partial charge in [-0.25, -0.2) is 9.59 Å². The Morgan fingerprint density at radius 3 is 2.69 bits per heavy atom. The minimum Gasteiger partial charge on any atom is -0.478 e. The van der Waals surface area contributed by atoms with E-state index in [2.05, 4.69) is 6.58 Å². The molecule has 1 aliphatic carbocycles. The molecule has 6 nitrogen and oxygen atoms in total. The molecule has 1 fully saturated rings. The zero-order valence-corrected chi connectivity index (χ0v) is 8.04. The van der Waals surface area contributed by atoms with Crippen molar-refractivity contribution in [2.24, 2.45) is 0 Å². The molecule has 0 bridgehead atoms. The lowest BCUT2D eigenvalue weighted by atomic mass is 10.1. The molecule has 0 aromatic rings. The zero-order valence-electron chi connectivity index (χ0n) is 8.04. The molecule has 0 saturated carbocycles. The molecule has 6 heteroatoms. The summed E-state index contributed by atoms with van der Waals surface area (Å²) in [5.74, 6) is -2.36. The van der Waals surface area contributed by atoms with Gasteiger partial charge in [0.1, 0.15) is 5.76 Å². The summed E-state index contributed by atoms with van der Waals surface area (Å²) in [4.78, 5) is 21.2. The first-order valence-corrected chi connectivity index (χ1v) is 4.41. The predicted octanol–water partition coefficient (Wildman–Crippen LogP) is 0.277. The Balaban J connectivity index is 2.12. The van der Waals surface area contributed by atoms with Gasteiger partial charge in [0.05, 0.1) is 5.57 Å². The van der Waals surface area contributed by atoms with Gasteiger partial charge in [-0.15, -0.1) is 0 Å². The molecule has 2 rings (SSSR count). The lowest BCUT2D eigenvalue weighted by Crippen LogP contribution is -2.22. The van der Waals surface area contributed by atoms with Crippen LogP contribution >= 0.6 is 0 Å². The molecule has 0 aromatic carbocycles. The fourth-order valence-electron chi connectivity index (χ4n) is 1.37. The number of ether oxygens (including phenoxy) is 2. The monoisotopic (exact) mass is 224 g/mol. The molecule has 0 spiro atoms. The predicted molar refractivity (Wildman–Crippen MR) is 50.3 cm³/mol. The number of epoxide rings is 1. The lowest BCUT2D eigenvalue weighted by Gasteiger charge is -2.13. The first-order valence-electron chi connectivity index (χ1n) is 4.41. The third-order valence-electron chi connectivity index (χ3n) is 2.19. The van der Waals surface area contributed by atoms with E-state index in [9.17, 15) is 9.59 Å². The topological polar surface area (TPSA) is 96.4 Å². The Morgan fingerprint density at radius 1 is 1.44 bits per heavy atom. The lowest BCUT2D eigenvalue weighted by molar-refractivity contribution is -0.137. The second kappa shape index (κ2) is 3.41. The van der Waals surface area contributed by atoms with Gasteiger partial charge in [0.25, 0.3) is 0 Å². The fourth-order valence-corrected chi connectivity index (χ4v) is 1.37. The van der Waals surface area contributed by atoms with E-state index in [0.29, 0.717) is 5.76 Å². The van der Waals surface area contributed by atoms with Gasteiger partial charge < -0.3 is 19.7 Å². The largest absolute Gasteiger partial charge is 0.478 e. The van der Waals surface area contributed by atoms with Gasteiger partial charge in [0.15, 0.2) is 18.0 Å². The highest BCUT2D eigenvalue weighted by molar-refractivity contribution is 5.91. The summed E-state index contributed by atoms with van der Waals surface area (Å²) in [7, 11) is 0. The second-order valence-electron chi connectivity index (χ2n) is 3.32. The van der Waals surface area contributed by atoms with E-state index in [1.54, 1.807) is 0 Å². The van der Waals surface area contributed by atoms with Crippen LogP contribution in [-0.4, -0.2) is 34.4 Å². The average Bonchev–Trinajstić information content (AvgIpc) is 2.96. The Bertz CT molecular complexity index is 444. The van der Waals surface area contributed by atoms with Crippen molar-refractivity contribution in [2.45, 2.75) is 12.2 Å². The molecule has 84 valence electrons. The van der Waals surface area contributed by atoms with Crippen molar-refractivity contribution in [3.8, 4) is 0 Å². The number of carbonyl (C=O) groups is 2. The van der Waals surface area contributed by atoms with E-state index in [4.69, 9.17) is 19.7 Å². The average molecular weight is 224 g/mol. The standard InChI is InChI=1S/C10H8O6/c1-4(9(11)12)15-6-2-5(10(13)14)3-7-8(6)16-7/h2-3,6,8H,1H2,(H,11,12)(H,13,14)/t6-,8?/m1/s1. The van der Waals surface area contributed by atoms with Crippen LogP contribution in [0.25, 0.3) is 0 Å². The summed E-state index contributed by atoms with van der Waals surface area (Å²) < 4.78 is 10.0. The highest BCUT2D eigenvalue weighted by Gasteiger charge is 2.45. The number of fused-ring (bicyclic) bond motifs is 1. The van der Waals surface area contributed by atoms with Crippen molar-refractivity contribution in [3.63, 3.8) is 0 Å². The molecule has 16 heavy (non-hydrogen) atoms. The molecule has 1 unspecified atom stereocenters. The maximum atomic E-state index is 10.7. The Morgan fingerprint density at radius 2 is 2.12 bits per heavy atom. The third kappa shape index (κ3) is 1.77. The van der Waals surface area contributed by atoms with Gasteiger partial charge in [0.2, 0.25) is 0 Å². The van der Waals surface area contributed by atoms with Crippen LogP contribution in [-0.2, 0) is 19.1 Å². The van der Waals surface area contributed by atoms with Crippen LogP contribution in [0.1, 0.15) is 0 Å². The minimum absolute atomic E-state index is 0.0203. The molecule has 0 radical (unpaired) electrons. The molecule has 1 saturated heterocycles. The molecular weight excluding hydrogens is 216 g/mol. The molecule has 2 aliphatic rings. The smallest absolute Gasteiger partial charge is 0.370 e. The molecule has 0 amide bonds. The van der Waals surface area contributed by atoms with Crippen LogP contribution in [0.5, 0.6) is 0 Å². The van der Waals surface area contributed by atoms with Crippen molar-refractivity contribution in [2.75, 3.05) is 0 Å². The normalized spacial score (nSPS) is 25.5. The number of aliphatic carboxylic acids is 2. The Kier molecular flexibility index (Phi) is 2.19. The quantitative estimate of drug-likeness (QED) is 0.404. The summed E-state index contributed by atoms with van der Waals surface area (Å²) in [6.45, 7) is 3.20. The summed E-state index contributed by atoms with van der Waals surface area (Å²) in [5, 5.41) is 17.3. The van der Waals surface area contributed by atoms with Crippen LogP contribution in [0.3, 0.4) is 0 Å². The summed E-state index contributed by atoms with van der Waals surface area (Å²) in [5.41, 5.74) is 0.0203. The number of carboxylic acids is 2. The molecule has 1 aliphatic heterocycles. The summed E-state index contributed by atoms with van der Waals surface area (Å²) in [6, 6.07) is 0. The second-order valence-corrected chi connectivity index (χ2v) is 3.32. The number of rotatable bonds is 4. The van der Waals surface area contributed by atoms with Crippen molar-refractivity contribution in [3.05, 3.63) is 35.8 Å². The molecule has 2 N–H and O–H groups in total. The van der Waals surface area contributed by atoms with E-state index in [0.717, 1.165) is 0 Å². The van der Waals surface area contributed by atoms with Gasteiger partial charge in [0, 0.05) is 0 Å². The maximum Gasteiger partial charge on any atom is 0.370 e. The number of hydrogen-bond acceptors (Lipinski definition) is 4. The van der Waals surface area contributed by atoms with Crippen molar-refractivity contribution in [1.29, 1.82) is 0 Å². The first kappa shape index (κ1) is 10.3. The summed E-state index contributed by atoms with van der Waals surface area (Å²) >= 11 is 0. The van der Waals surface area contributed by atoms with E-state index in [1.165, 1.54) is 12.2 Å². The molecule has 2 atom stereocenters. The Labute approximate surface area is 90.1 Å². The number of hydrogen-bond donors (Lipinski definition) is 2. The van der Waals surface area contributed by atoms with Gasteiger partial charge in [-0.05, 0) is 18.7 Å².